The SMILES string of the molecule is Cc1c(OCCC2CCN(C)CC2)cc(Cl)cc1N1CCN(c2ncnc3[nH]nc(C(F)(F)F)c23)CC1. The van der Waals surface area contributed by atoms with Crippen molar-refractivity contribution in [2.24, 2.45) is 5.92 Å². The van der Waals surface area contributed by atoms with Crippen LogP contribution in [0.4, 0.5) is 24.7 Å². The van der Waals surface area contributed by atoms with Crippen molar-refractivity contribution in [1.82, 2.24) is 25.1 Å². The molecule has 200 valence electrons. The number of benzene rings is 1. The zero-order valence-corrected chi connectivity index (χ0v) is 21.7. The second-order valence-electron chi connectivity index (χ2n) is 9.90. The van der Waals surface area contributed by atoms with Crippen molar-refractivity contribution >= 4 is 34.1 Å². The summed E-state index contributed by atoms with van der Waals surface area (Å²) in [5.74, 6) is 1.71. The lowest BCUT2D eigenvalue weighted by molar-refractivity contribution is -0.139. The Balaban J connectivity index is 1.26. The van der Waals surface area contributed by atoms with Crippen molar-refractivity contribution in [3.8, 4) is 5.75 Å². The number of H-pyrrole nitrogens is 1. The lowest BCUT2D eigenvalue weighted by Crippen LogP contribution is -2.47. The van der Waals surface area contributed by atoms with E-state index in [1.807, 2.05) is 24.0 Å². The van der Waals surface area contributed by atoms with Gasteiger partial charge in [-0.15, -0.1) is 0 Å². The van der Waals surface area contributed by atoms with E-state index >= 15 is 0 Å². The topological polar surface area (TPSA) is 73.4 Å². The lowest BCUT2D eigenvalue weighted by Gasteiger charge is -2.38. The standard InChI is InChI=1S/C25H31ClF3N7O/c1-16-19(13-18(26)14-20(16)37-12-5-17-3-6-34(2)7-4-17)35-8-10-36(11-9-35)24-21-22(25(27,28)29)32-33-23(21)30-15-31-24/h13-15,17H,3-12H2,1-2H3,(H,30,31,32,33). The molecule has 1 N–H and O–H groups in total. The summed E-state index contributed by atoms with van der Waals surface area (Å²) in [5.41, 5.74) is 1.08. The highest BCUT2D eigenvalue weighted by Crippen LogP contribution is 2.38. The van der Waals surface area contributed by atoms with E-state index in [2.05, 4.69) is 37.0 Å². The Morgan fingerprint density at radius 2 is 1.76 bits per heavy atom. The molecule has 0 bridgehead atoms. The highest BCUT2D eigenvalue weighted by Gasteiger charge is 2.38. The van der Waals surface area contributed by atoms with Gasteiger partial charge in [0.05, 0.1) is 12.0 Å². The van der Waals surface area contributed by atoms with Gasteiger partial charge < -0.3 is 19.4 Å². The first-order valence-electron chi connectivity index (χ1n) is 12.6. The predicted molar refractivity (Wildman–Crippen MR) is 138 cm³/mol. The Labute approximate surface area is 218 Å². The molecule has 8 nitrogen and oxygen atoms in total. The van der Waals surface area contributed by atoms with Crippen LogP contribution in [0.3, 0.4) is 0 Å². The molecule has 2 aliphatic heterocycles. The molecule has 0 amide bonds. The average molecular weight is 538 g/mol. The fraction of sp³-hybridized carbons (Fsp3) is 0.560. The van der Waals surface area contributed by atoms with E-state index in [9.17, 15) is 13.2 Å². The molecule has 5 rings (SSSR count). The first-order valence-corrected chi connectivity index (χ1v) is 13.0. The third kappa shape index (κ3) is 5.57. The molecule has 3 aromatic rings. The molecule has 1 aromatic carbocycles. The number of nitrogens with zero attached hydrogens (tertiary/aromatic N) is 6. The summed E-state index contributed by atoms with van der Waals surface area (Å²) in [4.78, 5) is 14.5. The Bertz CT molecular complexity index is 1230. The van der Waals surface area contributed by atoms with Crippen LogP contribution in [0.1, 0.15) is 30.5 Å². The average Bonchev–Trinajstić information content (AvgIpc) is 3.32. The molecule has 0 radical (unpaired) electrons. The van der Waals surface area contributed by atoms with Gasteiger partial charge in [0.15, 0.2) is 11.3 Å². The molecule has 2 saturated heterocycles. The van der Waals surface area contributed by atoms with Crippen molar-refractivity contribution in [3.63, 3.8) is 0 Å². The first kappa shape index (κ1) is 25.8. The molecule has 2 fully saturated rings. The van der Waals surface area contributed by atoms with Crippen LogP contribution in [-0.2, 0) is 6.18 Å². The third-order valence-corrected chi connectivity index (χ3v) is 7.66. The number of nitrogens with one attached hydrogen (secondary N) is 1. The minimum Gasteiger partial charge on any atom is -0.493 e. The van der Waals surface area contributed by atoms with E-state index in [0.29, 0.717) is 43.7 Å². The zero-order valence-electron chi connectivity index (χ0n) is 21.0. The maximum Gasteiger partial charge on any atom is 0.435 e. The molecule has 4 heterocycles. The molecule has 0 spiro atoms. The number of likely N-dealkylation sites (tertiary alicyclic amines) is 1. The number of piperidine rings is 1. The van der Waals surface area contributed by atoms with E-state index in [4.69, 9.17) is 16.3 Å². The van der Waals surface area contributed by atoms with Crippen LogP contribution in [0.25, 0.3) is 11.0 Å². The number of aromatic nitrogens is 4. The van der Waals surface area contributed by atoms with Gasteiger partial charge in [-0.2, -0.15) is 18.3 Å². The number of halogens is 4. The van der Waals surface area contributed by atoms with Crippen LogP contribution in [0.2, 0.25) is 5.02 Å². The summed E-state index contributed by atoms with van der Waals surface area (Å²) in [5, 5.41) is 6.34. The molecule has 0 unspecified atom stereocenters. The molecular formula is C25H31ClF3N7O. The van der Waals surface area contributed by atoms with Gasteiger partial charge in [-0.3, -0.25) is 5.10 Å². The number of fused-ring (bicyclic) bond motifs is 1. The van der Waals surface area contributed by atoms with Crippen LogP contribution in [0, 0.1) is 12.8 Å². The van der Waals surface area contributed by atoms with Gasteiger partial charge in [0.1, 0.15) is 17.9 Å². The fourth-order valence-electron chi connectivity index (χ4n) is 5.25. The van der Waals surface area contributed by atoms with Crippen molar-refractivity contribution in [2.45, 2.75) is 32.4 Å². The second kappa shape index (κ2) is 10.5. The molecule has 0 atom stereocenters. The zero-order chi connectivity index (χ0) is 26.2. The number of hydrogen-bond acceptors (Lipinski definition) is 7. The quantitative estimate of drug-likeness (QED) is 0.485. The number of piperazine rings is 1. The van der Waals surface area contributed by atoms with Gasteiger partial charge in [0, 0.05) is 42.5 Å². The molecule has 2 aromatic heterocycles. The van der Waals surface area contributed by atoms with Crippen LogP contribution < -0.4 is 14.5 Å². The highest BCUT2D eigenvalue weighted by atomic mass is 35.5. The van der Waals surface area contributed by atoms with Crippen LogP contribution in [0.5, 0.6) is 5.75 Å². The third-order valence-electron chi connectivity index (χ3n) is 7.45. The van der Waals surface area contributed by atoms with E-state index < -0.39 is 11.9 Å². The van der Waals surface area contributed by atoms with E-state index in [-0.39, 0.29) is 16.9 Å². The smallest absolute Gasteiger partial charge is 0.435 e. The Morgan fingerprint density at radius 1 is 1.05 bits per heavy atom. The summed E-state index contributed by atoms with van der Waals surface area (Å²) in [6.45, 7) is 7.13. The maximum atomic E-state index is 13.5. The van der Waals surface area contributed by atoms with Gasteiger partial charge >= 0.3 is 6.18 Å². The van der Waals surface area contributed by atoms with Crippen molar-refractivity contribution < 1.29 is 17.9 Å². The number of ether oxygens (including phenoxy) is 1. The lowest BCUT2D eigenvalue weighted by atomic mass is 9.94. The fourth-order valence-corrected chi connectivity index (χ4v) is 5.46. The van der Waals surface area contributed by atoms with Gasteiger partial charge in [-0.25, -0.2) is 9.97 Å². The Hall–Kier alpha value is -2.79. The predicted octanol–water partition coefficient (Wildman–Crippen LogP) is 4.77. The molecule has 37 heavy (non-hydrogen) atoms. The number of anilines is 2. The summed E-state index contributed by atoms with van der Waals surface area (Å²) in [6, 6.07) is 3.79. The van der Waals surface area contributed by atoms with Crippen LogP contribution in [-0.4, -0.2) is 78.0 Å². The summed E-state index contributed by atoms with van der Waals surface area (Å²) in [7, 11) is 2.16. The summed E-state index contributed by atoms with van der Waals surface area (Å²) < 4.78 is 46.7. The highest BCUT2D eigenvalue weighted by molar-refractivity contribution is 6.31. The van der Waals surface area contributed by atoms with Crippen molar-refractivity contribution in [1.29, 1.82) is 0 Å². The Morgan fingerprint density at radius 3 is 2.46 bits per heavy atom. The Kier molecular flexibility index (Phi) is 7.35. The second-order valence-corrected chi connectivity index (χ2v) is 10.3. The van der Waals surface area contributed by atoms with Gasteiger partial charge in [0.25, 0.3) is 0 Å². The van der Waals surface area contributed by atoms with Crippen molar-refractivity contribution in [2.75, 3.05) is 62.7 Å². The largest absolute Gasteiger partial charge is 0.493 e. The van der Waals surface area contributed by atoms with Gasteiger partial charge in [0.2, 0.25) is 0 Å². The number of alkyl halides is 3. The van der Waals surface area contributed by atoms with Crippen molar-refractivity contribution in [3.05, 3.63) is 34.7 Å². The maximum absolute atomic E-state index is 13.5. The summed E-state index contributed by atoms with van der Waals surface area (Å²) in [6.07, 6.45) is 0.0899. The molecule has 12 heteroatoms. The molecule has 2 aliphatic rings. The van der Waals surface area contributed by atoms with E-state index in [0.717, 1.165) is 36.5 Å². The normalized spacial score (nSPS) is 18.1. The molecule has 0 aliphatic carbocycles. The van der Waals surface area contributed by atoms with Crippen LogP contribution in [0.15, 0.2) is 18.5 Å². The minimum atomic E-state index is -4.60. The number of aromatic amines is 1. The molecule has 0 saturated carbocycles. The van der Waals surface area contributed by atoms with Gasteiger partial charge in [-0.05, 0) is 64.4 Å². The first-order chi connectivity index (χ1) is 17.7. The van der Waals surface area contributed by atoms with E-state index in [1.54, 1.807) is 0 Å². The minimum absolute atomic E-state index is 0.0764. The number of hydrogen-bond donors (Lipinski definition) is 1. The van der Waals surface area contributed by atoms with E-state index in [1.165, 1.54) is 19.2 Å². The monoisotopic (exact) mass is 537 g/mol. The number of rotatable bonds is 6. The van der Waals surface area contributed by atoms with Gasteiger partial charge in [-0.1, -0.05) is 11.6 Å². The summed E-state index contributed by atoms with van der Waals surface area (Å²) >= 11 is 6.47. The van der Waals surface area contributed by atoms with Crippen LogP contribution >= 0.6 is 11.6 Å². The molecular weight excluding hydrogens is 507 g/mol.